The topological polar surface area (TPSA) is 51.2 Å². The van der Waals surface area contributed by atoms with E-state index >= 15 is 0 Å². The van der Waals surface area contributed by atoms with Gasteiger partial charge in [0.2, 0.25) is 0 Å². The lowest BCUT2D eigenvalue weighted by Gasteiger charge is -2.14. The second-order valence-electron chi connectivity index (χ2n) is 5.63. The number of nitrogens with one attached hydrogen (secondary N) is 1. The van der Waals surface area contributed by atoms with Crippen molar-refractivity contribution in [3.63, 3.8) is 0 Å². The molecule has 0 fully saturated rings. The van der Waals surface area contributed by atoms with Crippen LogP contribution in [0.1, 0.15) is 16.8 Å². The number of aryl methyl sites for hydroxylation is 1. The van der Waals surface area contributed by atoms with Crippen LogP contribution in [0, 0.1) is 6.92 Å². The van der Waals surface area contributed by atoms with Crippen LogP contribution in [0.5, 0.6) is 5.75 Å². The van der Waals surface area contributed by atoms with E-state index < -0.39 is 6.10 Å². The molecule has 25 heavy (non-hydrogen) atoms. The maximum absolute atomic E-state index is 12.1. The molecule has 4 nitrogen and oxygen atoms in total. The summed E-state index contributed by atoms with van der Waals surface area (Å²) in [5, 5.41) is 6.09. The Bertz CT molecular complexity index is 827. The van der Waals surface area contributed by atoms with E-state index in [4.69, 9.17) is 4.74 Å². The molecule has 6 heteroatoms. The van der Waals surface area contributed by atoms with Gasteiger partial charge in [-0.3, -0.25) is 4.79 Å². The number of hydrogen-bond donors (Lipinski definition) is 1. The van der Waals surface area contributed by atoms with Gasteiger partial charge in [0.05, 0.1) is 15.6 Å². The summed E-state index contributed by atoms with van der Waals surface area (Å²) in [6, 6.07) is 13.6. The number of amides is 1. The predicted octanol–water partition coefficient (Wildman–Crippen LogP) is 4.31. The maximum Gasteiger partial charge on any atom is 0.260 e. The minimum atomic E-state index is -0.515. The summed E-state index contributed by atoms with van der Waals surface area (Å²) in [5.74, 6) is 0.599. The number of carbonyl (C=O) groups is 1. The Morgan fingerprint density at radius 2 is 2.04 bits per heavy atom. The van der Waals surface area contributed by atoms with Crippen LogP contribution in [0.3, 0.4) is 0 Å². The lowest BCUT2D eigenvalue weighted by molar-refractivity contribution is -0.127. The molecular weight excluding hydrogens is 352 g/mol. The third kappa shape index (κ3) is 4.90. The minimum Gasteiger partial charge on any atom is -0.481 e. The zero-order chi connectivity index (χ0) is 17.6. The first kappa shape index (κ1) is 17.6. The molecule has 0 aliphatic heterocycles. The number of nitrogens with zero attached hydrogens (tertiary/aromatic N) is 1. The minimum absolute atomic E-state index is 0.101. The number of aromatic nitrogens is 1. The number of carbonyl (C=O) groups excluding carboxylic acids is 1. The number of para-hydroxylation sites is 1. The molecule has 1 N–H and O–H groups in total. The van der Waals surface area contributed by atoms with Crippen LogP contribution in [0.4, 0.5) is 0 Å². The molecule has 2 aromatic heterocycles. The van der Waals surface area contributed by atoms with Crippen LogP contribution >= 0.6 is 22.7 Å². The Hall–Kier alpha value is -2.18. The summed E-state index contributed by atoms with van der Waals surface area (Å²) in [4.78, 5) is 19.0. The molecule has 0 aliphatic carbocycles. The molecule has 3 rings (SSSR count). The number of rotatable bonds is 7. The highest BCUT2D eigenvalue weighted by molar-refractivity contribution is 7.16. The van der Waals surface area contributed by atoms with Crippen molar-refractivity contribution in [3.05, 3.63) is 57.7 Å². The molecular formula is C19H20N2O2S2. The van der Waals surface area contributed by atoms with Crippen molar-refractivity contribution < 1.29 is 9.53 Å². The van der Waals surface area contributed by atoms with Crippen molar-refractivity contribution in [2.24, 2.45) is 0 Å². The van der Waals surface area contributed by atoms with E-state index in [-0.39, 0.29) is 5.91 Å². The Balaban J connectivity index is 1.46. The highest BCUT2D eigenvalue weighted by Gasteiger charge is 2.14. The van der Waals surface area contributed by atoms with Gasteiger partial charge < -0.3 is 10.1 Å². The summed E-state index contributed by atoms with van der Waals surface area (Å²) in [6.45, 7) is 4.37. The lowest BCUT2D eigenvalue weighted by atomic mass is 10.3. The molecule has 0 radical (unpaired) electrons. The van der Waals surface area contributed by atoms with Crippen molar-refractivity contribution in [1.29, 1.82) is 0 Å². The van der Waals surface area contributed by atoms with E-state index in [2.05, 4.69) is 27.8 Å². The Labute approximate surface area is 155 Å². The molecule has 1 atom stereocenters. The molecule has 1 unspecified atom stereocenters. The quantitative estimate of drug-likeness (QED) is 0.672. The predicted molar refractivity (Wildman–Crippen MR) is 103 cm³/mol. The van der Waals surface area contributed by atoms with Crippen molar-refractivity contribution >= 4 is 28.6 Å². The Morgan fingerprint density at radius 1 is 1.24 bits per heavy atom. The van der Waals surface area contributed by atoms with Crippen molar-refractivity contribution in [3.8, 4) is 16.3 Å². The van der Waals surface area contributed by atoms with Crippen LogP contribution in [-0.4, -0.2) is 23.5 Å². The van der Waals surface area contributed by atoms with E-state index in [1.165, 1.54) is 9.75 Å². The Kier molecular flexibility index (Phi) is 5.83. The summed E-state index contributed by atoms with van der Waals surface area (Å²) >= 11 is 3.38. The number of thiazole rings is 1. The van der Waals surface area contributed by atoms with Gasteiger partial charge in [-0.05, 0) is 44.5 Å². The third-order valence-corrected chi connectivity index (χ3v) is 5.57. The first-order chi connectivity index (χ1) is 12.1. The molecule has 0 spiro atoms. The lowest BCUT2D eigenvalue weighted by Crippen LogP contribution is -2.37. The van der Waals surface area contributed by atoms with Gasteiger partial charge in [0.1, 0.15) is 5.75 Å². The van der Waals surface area contributed by atoms with E-state index in [0.29, 0.717) is 12.3 Å². The zero-order valence-electron chi connectivity index (χ0n) is 14.2. The molecule has 0 saturated carbocycles. The van der Waals surface area contributed by atoms with E-state index in [9.17, 15) is 4.79 Å². The van der Waals surface area contributed by atoms with Crippen molar-refractivity contribution in [1.82, 2.24) is 10.3 Å². The largest absolute Gasteiger partial charge is 0.481 e. The van der Waals surface area contributed by atoms with Crippen molar-refractivity contribution in [2.45, 2.75) is 26.4 Å². The average molecular weight is 373 g/mol. The average Bonchev–Trinajstić information content (AvgIpc) is 3.24. The van der Waals surface area contributed by atoms with Crippen LogP contribution in [0.2, 0.25) is 0 Å². The molecule has 1 amide bonds. The molecule has 130 valence electrons. The first-order valence-electron chi connectivity index (χ1n) is 8.12. The van der Waals surface area contributed by atoms with Gasteiger partial charge >= 0.3 is 0 Å². The maximum atomic E-state index is 12.1. The standard InChI is InChI=1S/C19H20N2O2S2/c1-13(23-15-6-4-3-5-7-15)19(22)20-11-10-16-8-9-18(25-16)17-12-24-14(2)21-17/h3-9,12-13H,10-11H2,1-2H3,(H,20,22). The van der Waals surface area contributed by atoms with Gasteiger partial charge in [-0.25, -0.2) is 4.98 Å². The summed E-state index contributed by atoms with van der Waals surface area (Å²) in [7, 11) is 0. The van der Waals surface area contributed by atoms with Crippen LogP contribution < -0.4 is 10.1 Å². The Morgan fingerprint density at radius 3 is 2.76 bits per heavy atom. The third-order valence-electron chi connectivity index (χ3n) is 3.63. The van der Waals surface area contributed by atoms with E-state index in [1.54, 1.807) is 29.6 Å². The van der Waals surface area contributed by atoms with Crippen LogP contribution in [0.25, 0.3) is 10.6 Å². The molecule has 3 aromatic rings. The van der Waals surface area contributed by atoms with Gasteiger partial charge in [-0.2, -0.15) is 0 Å². The van der Waals surface area contributed by atoms with Gasteiger partial charge in [0.25, 0.3) is 5.91 Å². The molecule has 0 bridgehead atoms. The second-order valence-corrected chi connectivity index (χ2v) is 7.86. The SMILES string of the molecule is Cc1nc(-c2ccc(CCNC(=O)C(C)Oc3ccccc3)s2)cs1. The summed E-state index contributed by atoms with van der Waals surface area (Å²) in [5.41, 5.74) is 1.03. The van der Waals surface area contributed by atoms with Crippen molar-refractivity contribution in [2.75, 3.05) is 6.54 Å². The molecule has 2 heterocycles. The first-order valence-corrected chi connectivity index (χ1v) is 9.82. The number of ether oxygens (including phenoxy) is 1. The fourth-order valence-electron chi connectivity index (χ4n) is 2.34. The highest BCUT2D eigenvalue weighted by Crippen LogP contribution is 2.29. The monoisotopic (exact) mass is 372 g/mol. The fraction of sp³-hybridized carbons (Fsp3) is 0.263. The van der Waals surface area contributed by atoms with Crippen LogP contribution in [-0.2, 0) is 11.2 Å². The zero-order valence-corrected chi connectivity index (χ0v) is 15.8. The summed E-state index contributed by atoms with van der Waals surface area (Å²) in [6.07, 6.45) is 0.289. The number of hydrogen-bond acceptors (Lipinski definition) is 5. The normalized spacial score (nSPS) is 11.9. The molecule has 1 aromatic carbocycles. The second kappa shape index (κ2) is 8.27. The molecule has 0 saturated heterocycles. The van der Waals surface area contributed by atoms with Gasteiger partial charge in [-0.15, -0.1) is 22.7 Å². The van der Waals surface area contributed by atoms with Gasteiger partial charge in [0, 0.05) is 16.8 Å². The fourth-order valence-corrected chi connectivity index (χ4v) is 3.99. The van der Waals surface area contributed by atoms with Gasteiger partial charge in [0.15, 0.2) is 6.10 Å². The number of benzene rings is 1. The number of thiophene rings is 1. The highest BCUT2D eigenvalue weighted by atomic mass is 32.1. The van der Waals surface area contributed by atoms with E-state index in [1.807, 2.05) is 37.3 Å². The van der Waals surface area contributed by atoms with Crippen LogP contribution in [0.15, 0.2) is 47.8 Å². The molecule has 0 aliphatic rings. The summed E-state index contributed by atoms with van der Waals surface area (Å²) < 4.78 is 5.63. The van der Waals surface area contributed by atoms with Gasteiger partial charge in [-0.1, -0.05) is 18.2 Å². The van der Waals surface area contributed by atoms with E-state index in [0.717, 1.165) is 17.1 Å². The smallest absolute Gasteiger partial charge is 0.260 e.